The van der Waals surface area contributed by atoms with Crippen LogP contribution >= 0.6 is 0 Å². The Morgan fingerprint density at radius 1 is 0.218 bits per heavy atom. The lowest BCUT2D eigenvalue weighted by atomic mass is 9.88. The average Bonchev–Trinajstić information content (AvgIpc) is 3.39. The Kier molecular flexibility index (Phi) is 7.25. The van der Waals surface area contributed by atoms with E-state index in [-0.39, 0.29) is 0 Å². The molecule has 1 aliphatic rings. The van der Waals surface area contributed by atoms with Crippen LogP contribution < -0.4 is 4.90 Å². The number of fused-ring (bicyclic) bond motifs is 11. The van der Waals surface area contributed by atoms with Crippen LogP contribution in [0, 0.1) is 0 Å². The van der Waals surface area contributed by atoms with E-state index in [0.29, 0.717) is 0 Å². The molecule has 0 spiro atoms. The molecule has 1 aliphatic heterocycles. The first-order valence-electron chi connectivity index (χ1n) is 19.0. The molecule has 10 aromatic carbocycles. The molecule has 0 unspecified atom stereocenters. The van der Waals surface area contributed by atoms with E-state index in [9.17, 15) is 0 Å². The standard InChI is InChI=1S/C54H35N/c1-3-14-36(15-4-1)37-16-13-17-38(32-37)39-27-30-48-51(34-39)49-24-11-12-25-53(49)55(42-18-5-2-6-19-42)54-31-28-41(35-52(48)54)40-26-29-47-45-22-8-7-20-43(45)44-21-9-10-23-46(44)50(47)33-40/h1-35H. The maximum atomic E-state index is 2.43. The number of para-hydroxylation sites is 2. The van der Waals surface area contributed by atoms with Gasteiger partial charge in [-0.1, -0.05) is 164 Å². The molecule has 0 saturated carbocycles. The van der Waals surface area contributed by atoms with Crippen molar-refractivity contribution >= 4 is 49.4 Å². The van der Waals surface area contributed by atoms with Gasteiger partial charge in [0.2, 0.25) is 0 Å². The van der Waals surface area contributed by atoms with Crippen LogP contribution in [-0.4, -0.2) is 0 Å². The van der Waals surface area contributed by atoms with Crippen LogP contribution in [0.1, 0.15) is 0 Å². The highest BCUT2D eigenvalue weighted by molar-refractivity contribution is 6.25. The molecule has 1 nitrogen and oxygen atoms in total. The number of hydrogen-bond donors (Lipinski definition) is 0. The first-order valence-corrected chi connectivity index (χ1v) is 19.0. The molecule has 0 aromatic heterocycles. The topological polar surface area (TPSA) is 3.24 Å². The summed E-state index contributed by atoms with van der Waals surface area (Å²) >= 11 is 0. The van der Waals surface area contributed by atoms with Crippen molar-refractivity contribution in [2.24, 2.45) is 0 Å². The van der Waals surface area contributed by atoms with E-state index >= 15 is 0 Å². The Morgan fingerprint density at radius 3 is 1.42 bits per heavy atom. The average molecular weight is 698 g/mol. The summed E-state index contributed by atoms with van der Waals surface area (Å²) < 4.78 is 0. The van der Waals surface area contributed by atoms with E-state index < -0.39 is 0 Å². The second-order valence-electron chi connectivity index (χ2n) is 14.5. The van der Waals surface area contributed by atoms with Gasteiger partial charge in [-0.15, -0.1) is 0 Å². The van der Waals surface area contributed by atoms with Gasteiger partial charge in [-0.2, -0.15) is 0 Å². The summed E-state index contributed by atoms with van der Waals surface area (Å²) in [7, 11) is 0. The number of hydrogen-bond acceptors (Lipinski definition) is 1. The van der Waals surface area contributed by atoms with E-state index in [2.05, 4.69) is 217 Å². The Morgan fingerprint density at radius 2 is 0.691 bits per heavy atom. The van der Waals surface area contributed by atoms with Gasteiger partial charge in [-0.05, 0) is 125 Å². The number of anilines is 3. The molecule has 10 aromatic rings. The minimum atomic E-state index is 1.14. The molecule has 0 radical (unpaired) electrons. The molecule has 1 heterocycles. The van der Waals surface area contributed by atoms with E-state index in [1.54, 1.807) is 0 Å². The predicted molar refractivity (Wildman–Crippen MR) is 234 cm³/mol. The molecule has 256 valence electrons. The van der Waals surface area contributed by atoms with E-state index in [1.165, 1.54) is 93.6 Å². The summed E-state index contributed by atoms with van der Waals surface area (Å²) in [5, 5.41) is 7.73. The predicted octanol–water partition coefficient (Wildman–Crippen LogP) is 15.3. The van der Waals surface area contributed by atoms with Crippen molar-refractivity contribution in [3.63, 3.8) is 0 Å². The van der Waals surface area contributed by atoms with Gasteiger partial charge in [0.05, 0.1) is 11.4 Å². The van der Waals surface area contributed by atoms with Crippen molar-refractivity contribution in [1.29, 1.82) is 0 Å². The molecule has 0 bridgehead atoms. The molecular formula is C54H35N. The van der Waals surface area contributed by atoms with Gasteiger partial charge in [0.25, 0.3) is 0 Å². The van der Waals surface area contributed by atoms with Gasteiger partial charge in [-0.25, -0.2) is 0 Å². The lowest BCUT2D eigenvalue weighted by Gasteiger charge is -2.27. The van der Waals surface area contributed by atoms with Gasteiger partial charge >= 0.3 is 0 Å². The van der Waals surface area contributed by atoms with Crippen LogP contribution in [0.25, 0.3) is 88.0 Å². The number of rotatable bonds is 4. The maximum absolute atomic E-state index is 2.43. The molecule has 0 saturated heterocycles. The van der Waals surface area contributed by atoms with Crippen LogP contribution in [-0.2, 0) is 0 Å². The van der Waals surface area contributed by atoms with Crippen LogP contribution in [0.15, 0.2) is 212 Å². The minimum Gasteiger partial charge on any atom is -0.309 e. The van der Waals surface area contributed by atoms with Crippen molar-refractivity contribution < 1.29 is 0 Å². The van der Waals surface area contributed by atoms with Crippen LogP contribution in [0.3, 0.4) is 0 Å². The largest absolute Gasteiger partial charge is 0.309 e. The van der Waals surface area contributed by atoms with Crippen molar-refractivity contribution in [1.82, 2.24) is 0 Å². The van der Waals surface area contributed by atoms with Gasteiger partial charge in [0.1, 0.15) is 0 Å². The second kappa shape index (κ2) is 12.7. The fourth-order valence-electron chi connectivity index (χ4n) is 8.79. The fourth-order valence-corrected chi connectivity index (χ4v) is 8.79. The summed E-state index contributed by atoms with van der Waals surface area (Å²) in [6, 6.07) is 77.9. The smallest absolute Gasteiger partial charge is 0.0540 e. The fraction of sp³-hybridized carbons (Fsp3) is 0. The van der Waals surface area contributed by atoms with Gasteiger partial charge in [-0.3, -0.25) is 0 Å². The molecular weight excluding hydrogens is 663 g/mol. The molecule has 55 heavy (non-hydrogen) atoms. The highest BCUT2D eigenvalue weighted by Crippen LogP contribution is 2.52. The zero-order valence-corrected chi connectivity index (χ0v) is 30.2. The minimum absolute atomic E-state index is 1.14. The van der Waals surface area contributed by atoms with E-state index in [0.717, 1.165) is 11.4 Å². The molecule has 0 atom stereocenters. The molecule has 0 N–H and O–H groups in total. The highest BCUT2D eigenvalue weighted by atomic mass is 15.1. The Labute approximate surface area is 321 Å². The third-order valence-electron chi connectivity index (χ3n) is 11.4. The summed E-state index contributed by atoms with van der Waals surface area (Å²) in [5.41, 5.74) is 15.6. The van der Waals surface area contributed by atoms with Crippen molar-refractivity contribution in [3.05, 3.63) is 212 Å². The van der Waals surface area contributed by atoms with Crippen molar-refractivity contribution in [2.45, 2.75) is 0 Å². The van der Waals surface area contributed by atoms with Crippen molar-refractivity contribution in [2.75, 3.05) is 4.90 Å². The number of nitrogens with zero attached hydrogens (tertiary/aromatic N) is 1. The third-order valence-corrected chi connectivity index (χ3v) is 11.4. The lowest BCUT2D eigenvalue weighted by Crippen LogP contribution is -2.10. The van der Waals surface area contributed by atoms with Gasteiger partial charge in [0.15, 0.2) is 0 Å². The molecule has 0 fully saturated rings. The second-order valence-corrected chi connectivity index (χ2v) is 14.5. The highest BCUT2D eigenvalue weighted by Gasteiger charge is 2.27. The SMILES string of the molecule is c1ccc(-c2cccc(-c3ccc4c(c3)-c3ccccc3N(c3ccccc3)c3ccc(-c5ccc6c7ccccc7c7ccccc7c6c5)cc3-4)c2)cc1. The van der Waals surface area contributed by atoms with Gasteiger partial charge < -0.3 is 4.90 Å². The molecule has 0 aliphatic carbocycles. The van der Waals surface area contributed by atoms with E-state index in [1.807, 2.05) is 0 Å². The summed E-state index contributed by atoms with van der Waals surface area (Å²) in [6.45, 7) is 0. The zero-order valence-electron chi connectivity index (χ0n) is 30.2. The summed E-state index contributed by atoms with van der Waals surface area (Å²) in [5.74, 6) is 0. The van der Waals surface area contributed by atoms with Crippen LogP contribution in [0.2, 0.25) is 0 Å². The normalized spacial score (nSPS) is 12.0. The zero-order chi connectivity index (χ0) is 36.3. The van der Waals surface area contributed by atoms with Crippen LogP contribution in [0.4, 0.5) is 17.1 Å². The number of benzene rings is 10. The Hall–Kier alpha value is -7.22. The van der Waals surface area contributed by atoms with Crippen molar-refractivity contribution in [3.8, 4) is 55.6 Å². The maximum Gasteiger partial charge on any atom is 0.0540 e. The third kappa shape index (κ3) is 5.16. The monoisotopic (exact) mass is 697 g/mol. The lowest BCUT2D eigenvalue weighted by molar-refractivity contribution is 1.29. The first kappa shape index (κ1) is 31.3. The first-order chi connectivity index (χ1) is 27.3. The van der Waals surface area contributed by atoms with E-state index in [4.69, 9.17) is 0 Å². The molecule has 0 amide bonds. The molecule has 11 rings (SSSR count). The summed E-state index contributed by atoms with van der Waals surface area (Å²) in [6.07, 6.45) is 0. The van der Waals surface area contributed by atoms with Gasteiger partial charge in [0, 0.05) is 16.8 Å². The Bertz CT molecular complexity index is 3050. The van der Waals surface area contributed by atoms with Crippen LogP contribution in [0.5, 0.6) is 0 Å². The molecule has 1 heteroatoms. The Balaban J connectivity index is 1.14. The summed E-state index contributed by atoms with van der Waals surface area (Å²) in [4.78, 5) is 2.43. The quantitative estimate of drug-likeness (QED) is 0.166.